The highest BCUT2D eigenvalue weighted by atomic mass is 79.9. The number of imidazole rings is 1. The maximum Gasteiger partial charge on any atom is 0.244 e. The predicted octanol–water partition coefficient (Wildman–Crippen LogP) is 3.81. The van der Waals surface area contributed by atoms with Crippen molar-refractivity contribution in [2.45, 2.75) is 29.9 Å². The van der Waals surface area contributed by atoms with Crippen molar-refractivity contribution in [3.8, 4) is 22.6 Å². The highest BCUT2D eigenvalue weighted by Crippen LogP contribution is 2.32. The second-order valence-corrected chi connectivity index (χ2v) is 10.8. The third-order valence-electron chi connectivity index (χ3n) is 5.29. The number of nitrogens with one attached hydrogen (secondary N) is 1. The zero-order valence-electron chi connectivity index (χ0n) is 16.7. The molecule has 0 amide bonds. The fourth-order valence-electron chi connectivity index (χ4n) is 3.57. The molecule has 1 fully saturated rings. The van der Waals surface area contributed by atoms with E-state index in [1.54, 1.807) is 18.2 Å². The number of halogens is 3. The molecule has 0 bridgehead atoms. The Bertz CT molecular complexity index is 1240. The van der Waals surface area contributed by atoms with E-state index in [4.69, 9.17) is 11.6 Å². The molecule has 2 atom stereocenters. The normalized spacial score (nSPS) is 20.3. The summed E-state index contributed by atoms with van der Waals surface area (Å²) in [6.45, 7) is -0.250. The molecule has 2 aromatic carbocycles. The minimum Gasteiger partial charge on any atom is -0.392 e. The van der Waals surface area contributed by atoms with Crippen molar-refractivity contribution in [2.75, 3.05) is 13.1 Å². The first-order valence-corrected chi connectivity index (χ1v) is 12.4. The number of hydrogen-bond donors (Lipinski definition) is 3. The van der Waals surface area contributed by atoms with Gasteiger partial charge in [-0.15, -0.1) is 0 Å². The monoisotopic (exact) mass is 543 g/mol. The molecule has 170 valence electrons. The van der Waals surface area contributed by atoms with Gasteiger partial charge < -0.3 is 15.2 Å². The van der Waals surface area contributed by atoms with E-state index in [-0.39, 0.29) is 23.0 Å². The van der Waals surface area contributed by atoms with Crippen LogP contribution in [-0.4, -0.2) is 58.2 Å². The first kappa shape index (κ1) is 23.3. The summed E-state index contributed by atoms with van der Waals surface area (Å²) in [7, 11) is -4.08. The zero-order chi connectivity index (χ0) is 23.0. The number of β-amino-alcohol motifs (C(OH)–C–C–N with tert-alkyl or cyclic N) is 2. The van der Waals surface area contributed by atoms with Gasteiger partial charge in [0.1, 0.15) is 16.5 Å². The van der Waals surface area contributed by atoms with Crippen LogP contribution in [0.3, 0.4) is 0 Å². The molecule has 32 heavy (non-hydrogen) atoms. The average Bonchev–Trinajstić information content (AvgIpc) is 3.17. The van der Waals surface area contributed by atoms with Crippen LogP contribution in [0, 0.1) is 5.82 Å². The van der Waals surface area contributed by atoms with Crippen LogP contribution in [0.5, 0.6) is 0 Å². The van der Waals surface area contributed by atoms with Crippen molar-refractivity contribution in [1.82, 2.24) is 14.3 Å². The van der Waals surface area contributed by atoms with E-state index in [1.165, 1.54) is 24.4 Å². The second kappa shape index (κ2) is 9.20. The first-order chi connectivity index (χ1) is 15.1. The molecule has 7 nitrogen and oxygen atoms in total. The van der Waals surface area contributed by atoms with E-state index in [2.05, 4.69) is 25.9 Å². The van der Waals surface area contributed by atoms with Crippen molar-refractivity contribution >= 4 is 37.6 Å². The third kappa shape index (κ3) is 4.75. The van der Waals surface area contributed by atoms with Gasteiger partial charge in [-0.25, -0.2) is 17.8 Å². The van der Waals surface area contributed by atoms with Crippen molar-refractivity contribution in [3.63, 3.8) is 0 Å². The Morgan fingerprint density at radius 2 is 1.75 bits per heavy atom. The summed E-state index contributed by atoms with van der Waals surface area (Å²) in [5.41, 5.74) is 1.61. The lowest BCUT2D eigenvalue weighted by atomic mass is 10.1. The van der Waals surface area contributed by atoms with Crippen LogP contribution in [0.4, 0.5) is 4.39 Å². The maximum absolute atomic E-state index is 13.9. The largest absolute Gasteiger partial charge is 0.392 e. The van der Waals surface area contributed by atoms with Gasteiger partial charge in [0, 0.05) is 24.2 Å². The van der Waals surface area contributed by atoms with E-state index in [0.717, 1.165) is 4.31 Å². The minimum absolute atomic E-state index is 0.0173. The molecule has 0 unspecified atom stereocenters. The molecule has 2 heterocycles. The number of H-pyrrole nitrogens is 1. The van der Waals surface area contributed by atoms with Crippen molar-refractivity contribution < 1.29 is 23.0 Å². The Morgan fingerprint density at radius 3 is 2.41 bits per heavy atom. The number of rotatable bonds is 4. The summed E-state index contributed by atoms with van der Waals surface area (Å²) in [5.74, 6) is -0.0345. The van der Waals surface area contributed by atoms with Gasteiger partial charge >= 0.3 is 0 Å². The van der Waals surface area contributed by atoms with Gasteiger partial charge in [0.05, 0.1) is 33.6 Å². The first-order valence-electron chi connectivity index (χ1n) is 9.82. The highest BCUT2D eigenvalue weighted by molar-refractivity contribution is 9.10. The van der Waals surface area contributed by atoms with Gasteiger partial charge in [0.15, 0.2) is 0 Å². The smallest absolute Gasteiger partial charge is 0.244 e. The van der Waals surface area contributed by atoms with Gasteiger partial charge in [0.2, 0.25) is 10.0 Å². The molecule has 0 radical (unpaired) electrons. The van der Waals surface area contributed by atoms with E-state index < -0.39 is 28.0 Å². The molecule has 1 aliphatic heterocycles. The number of aliphatic hydroxyl groups excluding tert-OH is 2. The van der Waals surface area contributed by atoms with Crippen LogP contribution in [0.2, 0.25) is 5.02 Å². The summed E-state index contributed by atoms with van der Waals surface area (Å²) < 4.78 is 41.8. The molecular formula is C21H20BrClFN3O4S. The summed E-state index contributed by atoms with van der Waals surface area (Å²) in [6, 6.07) is 9.13. The average molecular weight is 545 g/mol. The van der Waals surface area contributed by atoms with Crippen LogP contribution >= 0.6 is 27.5 Å². The van der Waals surface area contributed by atoms with E-state index in [9.17, 15) is 23.0 Å². The zero-order valence-corrected chi connectivity index (χ0v) is 19.8. The molecule has 1 aliphatic rings. The Hall–Kier alpha value is -1.82. The summed E-state index contributed by atoms with van der Waals surface area (Å²) >= 11 is 9.34. The number of aromatic amines is 1. The third-order valence-corrected chi connectivity index (χ3v) is 8.25. The summed E-state index contributed by atoms with van der Waals surface area (Å²) in [4.78, 5) is 7.22. The molecule has 1 aromatic heterocycles. The number of hydrogen-bond acceptors (Lipinski definition) is 5. The van der Waals surface area contributed by atoms with E-state index in [1.807, 2.05) is 0 Å². The van der Waals surface area contributed by atoms with Crippen LogP contribution in [-0.2, 0) is 10.0 Å². The Morgan fingerprint density at radius 1 is 1.09 bits per heavy atom. The van der Waals surface area contributed by atoms with Crippen LogP contribution < -0.4 is 0 Å². The van der Waals surface area contributed by atoms with Gasteiger partial charge in [-0.2, -0.15) is 4.31 Å². The SMILES string of the molecule is O=S(=O)(c1cc(-c2ncc(-c3ccc(Br)c(F)c3)[nH]2)ccc1Cl)N1C[C@H](O)CC[C@@H](O)C1. The summed E-state index contributed by atoms with van der Waals surface area (Å²) in [6.07, 6.45) is 0.410. The minimum atomic E-state index is -4.08. The lowest BCUT2D eigenvalue weighted by Crippen LogP contribution is -2.39. The molecule has 0 spiro atoms. The quantitative estimate of drug-likeness (QED) is 0.463. The van der Waals surface area contributed by atoms with Gasteiger partial charge in [-0.1, -0.05) is 17.7 Å². The fraction of sp³-hybridized carbons (Fsp3) is 0.286. The number of nitrogens with zero attached hydrogens (tertiary/aromatic N) is 2. The molecule has 11 heteroatoms. The van der Waals surface area contributed by atoms with Crippen molar-refractivity contribution in [3.05, 3.63) is 57.9 Å². The maximum atomic E-state index is 13.9. The Balaban J connectivity index is 1.69. The molecule has 3 N–H and O–H groups in total. The molecular weight excluding hydrogens is 525 g/mol. The fourth-order valence-corrected chi connectivity index (χ4v) is 5.84. The van der Waals surface area contributed by atoms with Crippen molar-refractivity contribution in [2.24, 2.45) is 0 Å². The Kier molecular flexibility index (Phi) is 6.71. The van der Waals surface area contributed by atoms with Crippen molar-refractivity contribution in [1.29, 1.82) is 0 Å². The number of sulfonamides is 1. The van der Waals surface area contributed by atoms with Gasteiger partial charge in [-0.05, 0) is 59.1 Å². The van der Waals surface area contributed by atoms with Crippen LogP contribution in [0.15, 0.2) is 52.0 Å². The van der Waals surface area contributed by atoms with Crippen LogP contribution in [0.25, 0.3) is 22.6 Å². The lowest BCUT2D eigenvalue weighted by Gasteiger charge is -2.23. The molecule has 4 rings (SSSR count). The highest BCUT2D eigenvalue weighted by Gasteiger charge is 2.33. The second-order valence-electron chi connectivity index (χ2n) is 7.63. The topological polar surface area (TPSA) is 107 Å². The lowest BCUT2D eigenvalue weighted by molar-refractivity contribution is 0.144. The van der Waals surface area contributed by atoms with Gasteiger partial charge in [0.25, 0.3) is 0 Å². The standard InChI is InChI=1S/C21H20BrClFN3O4S/c22-16-5-1-12(7-18(16)24)19-9-25-21(26-19)13-2-6-17(23)20(8-13)32(30,31)27-10-14(28)3-4-15(29)11-27/h1-2,5-9,14-15,28-29H,3-4,10-11H2,(H,25,26)/t14-,15-/m1/s1. The predicted molar refractivity (Wildman–Crippen MR) is 122 cm³/mol. The molecule has 0 aliphatic carbocycles. The van der Waals surface area contributed by atoms with E-state index >= 15 is 0 Å². The van der Waals surface area contributed by atoms with E-state index in [0.29, 0.717) is 40.0 Å². The molecule has 0 saturated carbocycles. The Labute approximate surface area is 198 Å². The molecule has 1 saturated heterocycles. The van der Waals surface area contributed by atoms with Crippen LogP contribution in [0.1, 0.15) is 12.8 Å². The number of aromatic nitrogens is 2. The van der Waals surface area contributed by atoms with Gasteiger partial charge in [-0.3, -0.25) is 0 Å². The number of aliphatic hydroxyl groups is 2. The molecule has 3 aromatic rings. The summed E-state index contributed by atoms with van der Waals surface area (Å²) in [5, 5.41) is 20.1. The number of benzene rings is 2.